The van der Waals surface area contributed by atoms with Gasteiger partial charge in [-0.3, -0.25) is 9.59 Å². The van der Waals surface area contributed by atoms with Crippen molar-refractivity contribution >= 4 is 39.4 Å². The lowest BCUT2D eigenvalue weighted by Crippen LogP contribution is -2.15. The van der Waals surface area contributed by atoms with Crippen molar-refractivity contribution in [1.82, 2.24) is 0 Å². The van der Waals surface area contributed by atoms with Gasteiger partial charge in [0.1, 0.15) is 5.75 Å². The molecule has 4 nitrogen and oxygen atoms in total. The van der Waals surface area contributed by atoms with Gasteiger partial charge in [0, 0.05) is 14.9 Å². The predicted octanol–water partition coefficient (Wildman–Crippen LogP) is 4.88. The summed E-state index contributed by atoms with van der Waals surface area (Å²) < 4.78 is 34.3. The third-order valence-corrected chi connectivity index (χ3v) is 4.89. The van der Waals surface area contributed by atoms with Crippen LogP contribution in [0.15, 0.2) is 51.8 Å². The Hall–Kier alpha value is -1.93. The molecule has 2 aromatic rings. The SMILES string of the molecule is Cc1cc(Br)ccc1SCC(=O)OCC(=O)c1ccc(OC(F)F)cc1. The summed E-state index contributed by atoms with van der Waals surface area (Å²) in [5.74, 6) is -0.901. The quantitative estimate of drug-likeness (QED) is 0.330. The van der Waals surface area contributed by atoms with Gasteiger partial charge in [0.2, 0.25) is 0 Å². The van der Waals surface area contributed by atoms with Crippen molar-refractivity contribution < 1.29 is 27.8 Å². The number of rotatable bonds is 8. The highest BCUT2D eigenvalue weighted by Gasteiger charge is 2.12. The minimum Gasteiger partial charge on any atom is -0.457 e. The molecule has 0 atom stereocenters. The Bertz CT molecular complexity index is 781. The topological polar surface area (TPSA) is 52.6 Å². The largest absolute Gasteiger partial charge is 0.457 e. The molecule has 0 fully saturated rings. The molecule has 0 aliphatic heterocycles. The Morgan fingerprint density at radius 2 is 1.85 bits per heavy atom. The van der Waals surface area contributed by atoms with Gasteiger partial charge < -0.3 is 9.47 Å². The number of hydrogen-bond acceptors (Lipinski definition) is 5. The van der Waals surface area contributed by atoms with E-state index >= 15 is 0 Å². The second-order valence-electron chi connectivity index (χ2n) is 5.19. The minimum atomic E-state index is -2.93. The summed E-state index contributed by atoms with van der Waals surface area (Å²) in [5, 5.41) is 0. The van der Waals surface area contributed by atoms with Gasteiger partial charge in [0.05, 0.1) is 5.75 Å². The molecule has 2 rings (SSSR count). The third kappa shape index (κ3) is 6.42. The summed E-state index contributed by atoms with van der Waals surface area (Å²) in [7, 11) is 0. The molecule has 0 unspecified atom stereocenters. The highest BCUT2D eigenvalue weighted by molar-refractivity contribution is 9.10. The van der Waals surface area contributed by atoms with E-state index in [1.54, 1.807) is 0 Å². The average molecular weight is 445 g/mol. The Balaban J connectivity index is 1.80. The highest BCUT2D eigenvalue weighted by atomic mass is 79.9. The molecule has 2 aromatic carbocycles. The zero-order valence-electron chi connectivity index (χ0n) is 13.7. The molecule has 0 spiro atoms. The van der Waals surface area contributed by atoms with Crippen molar-refractivity contribution in [3.63, 3.8) is 0 Å². The van der Waals surface area contributed by atoms with Gasteiger partial charge in [0.15, 0.2) is 12.4 Å². The van der Waals surface area contributed by atoms with Crippen LogP contribution >= 0.6 is 27.7 Å². The van der Waals surface area contributed by atoms with Crippen LogP contribution in [0.1, 0.15) is 15.9 Å². The van der Waals surface area contributed by atoms with Crippen LogP contribution in [-0.4, -0.2) is 30.7 Å². The molecule has 0 saturated heterocycles. The summed E-state index contributed by atoms with van der Waals surface area (Å²) in [6.45, 7) is -1.40. The van der Waals surface area contributed by atoms with E-state index in [1.165, 1.54) is 36.0 Å². The van der Waals surface area contributed by atoms with Crippen LogP contribution in [-0.2, 0) is 9.53 Å². The maximum Gasteiger partial charge on any atom is 0.387 e. The van der Waals surface area contributed by atoms with E-state index in [0.717, 1.165) is 14.9 Å². The molecule has 0 N–H and O–H groups in total. The number of carbonyl (C=O) groups is 2. The number of ketones is 1. The van der Waals surface area contributed by atoms with Crippen LogP contribution in [0, 0.1) is 6.92 Å². The number of alkyl halides is 2. The number of ether oxygens (including phenoxy) is 2. The maximum atomic E-state index is 12.1. The molecule has 8 heteroatoms. The first-order valence-electron chi connectivity index (χ1n) is 7.48. The number of halogens is 3. The number of benzene rings is 2. The highest BCUT2D eigenvalue weighted by Crippen LogP contribution is 2.25. The fourth-order valence-corrected chi connectivity index (χ4v) is 3.29. The van der Waals surface area contributed by atoms with Crippen LogP contribution in [0.3, 0.4) is 0 Å². The second-order valence-corrected chi connectivity index (χ2v) is 7.12. The standard InChI is InChI=1S/C18H15BrF2O4S/c1-11-8-13(19)4-7-16(11)26-10-17(23)24-9-15(22)12-2-5-14(6-3-12)25-18(20)21/h2-8,18H,9-10H2,1H3. The number of aryl methyl sites for hydroxylation is 1. The first kappa shape index (κ1) is 20.4. The lowest BCUT2D eigenvalue weighted by Gasteiger charge is -2.07. The molecule has 0 radical (unpaired) electrons. The molecule has 0 heterocycles. The van der Waals surface area contributed by atoms with Crippen LogP contribution in [0.5, 0.6) is 5.75 Å². The summed E-state index contributed by atoms with van der Waals surface area (Å²) in [6.07, 6.45) is 0. The first-order chi connectivity index (χ1) is 12.3. The number of esters is 1. The third-order valence-electron chi connectivity index (χ3n) is 3.25. The molecule has 138 valence electrons. The fourth-order valence-electron chi connectivity index (χ4n) is 2.00. The summed E-state index contributed by atoms with van der Waals surface area (Å²) in [4.78, 5) is 24.7. The van der Waals surface area contributed by atoms with Crippen molar-refractivity contribution in [2.75, 3.05) is 12.4 Å². The van der Waals surface area contributed by atoms with Gasteiger partial charge in [-0.1, -0.05) is 15.9 Å². The van der Waals surface area contributed by atoms with Crippen molar-refractivity contribution in [3.05, 3.63) is 58.1 Å². The Kier molecular flexibility index (Phi) is 7.59. The molecule has 0 aromatic heterocycles. The first-order valence-corrected chi connectivity index (χ1v) is 9.25. The number of thioether (sulfide) groups is 1. The molecule has 0 saturated carbocycles. The normalized spacial score (nSPS) is 10.7. The molecule has 0 amide bonds. The molecule has 0 bridgehead atoms. The van der Waals surface area contributed by atoms with Crippen LogP contribution in [0.25, 0.3) is 0 Å². The van der Waals surface area contributed by atoms with Gasteiger partial charge in [-0.05, 0) is 55.0 Å². The zero-order chi connectivity index (χ0) is 19.1. The summed E-state index contributed by atoms with van der Waals surface area (Å²) in [5.41, 5.74) is 1.27. The van der Waals surface area contributed by atoms with Crippen LogP contribution in [0.4, 0.5) is 8.78 Å². The Morgan fingerprint density at radius 3 is 2.46 bits per heavy atom. The van der Waals surface area contributed by atoms with E-state index in [0.29, 0.717) is 0 Å². The lowest BCUT2D eigenvalue weighted by molar-refractivity contribution is -0.139. The Morgan fingerprint density at radius 1 is 1.15 bits per heavy atom. The van der Waals surface area contributed by atoms with Crippen LogP contribution < -0.4 is 4.74 Å². The van der Waals surface area contributed by atoms with E-state index in [1.807, 2.05) is 25.1 Å². The lowest BCUT2D eigenvalue weighted by atomic mass is 10.1. The van der Waals surface area contributed by atoms with E-state index in [2.05, 4.69) is 20.7 Å². The maximum absolute atomic E-state index is 12.1. The molecular weight excluding hydrogens is 430 g/mol. The smallest absolute Gasteiger partial charge is 0.387 e. The monoisotopic (exact) mass is 444 g/mol. The van der Waals surface area contributed by atoms with Gasteiger partial charge in [-0.2, -0.15) is 8.78 Å². The number of Topliss-reactive ketones (excluding diaryl/α,β-unsaturated/α-hetero) is 1. The average Bonchev–Trinajstić information content (AvgIpc) is 2.59. The van der Waals surface area contributed by atoms with E-state index in [4.69, 9.17) is 4.74 Å². The van der Waals surface area contributed by atoms with Crippen molar-refractivity contribution in [2.24, 2.45) is 0 Å². The van der Waals surface area contributed by atoms with Gasteiger partial charge >= 0.3 is 12.6 Å². The zero-order valence-corrected chi connectivity index (χ0v) is 16.1. The second kappa shape index (κ2) is 9.68. The van der Waals surface area contributed by atoms with Gasteiger partial charge in [0.25, 0.3) is 0 Å². The number of carbonyl (C=O) groups excluding carboxylic acids is 2. The van der Waals surface area contributed by atoms with Gasteiger partial charge in [-0.15, -0.1) is 11.8 Å². The molecule has 0 aliphatic carbocycles. The predicted molar refractivity (Wildman–Crippen MR) is 98.0 cm³/mol. The van der Waals surface area contributed by atoms with E-state index in [-0.39, 0.29) is 17.1 Å². The molecule has 0 aliphatic rings. The summed E-state index contributed by atoms with van der Waals surface area (Å²) in [6, 6.07) is 10.9. The fraction of sp³-hybridized carbons (Fsp3) is 0.222. The van der Waals surface area contributed by atoms with E-state index < -0.39 is 25.0 Å². The molecular formula is C18H15BrF2O4S. The Labute approximate surface area is 162 Å². The number of hydrogen-bond donors (Lipinski definition) is 0. The minimum absolute atomic E-state index is 0.0465. The van der Waals surface area contributed by atoms with Crippen LogP contribution in [0.2, 0.25) is 0 Å². The molecule has 26 heavy (non-hydrogen) atoms. The van der Waals surface area contributed by atoms with E-state index in [9.17, 15) is 18.4 Å². The summed E-state index contributed by atoms with van der Waals surface area (Å²) >= 11 is 4.70. The van der Waals surface area contributed by atoms with Crippen molar-refractivity contribution in [2.45, 2.75) is 18.4 Å². The van der Waals surface area contributed by atoms with Gasteiger partial charge in [-0.25, -0.2) is 0 Å². The van der Waals surface area contributed by atoms with Crippen molar-refractivity contribution in [1.29, 1.82) is 0 Å². The van der Waals surface area contributed by atoms with Crippen molar-refractivity contribution in [3.8, 4) is 5.75 Å².